The summed E-state index contributed by atoms with van der Waals surface area (Å²) in [6.07, 6.45) is 1.67. The third-order valence-corrected chi connectivity index (χ3v) is 5.97. The van der Waals surface area contributed by atoms with Crippen LogP contribution >= 0.6 is 11.6 Å². The molecule has 0 fully saturated rings. The zero-order valence-corrected chi connectivity index (χ0v) is 18.8. The van der Waals surface area contributed by atoms with Crippen LogP contribution in [0.3, 0.4) is 0 Å². The molecule has 0 aromatic heterocycles. The molecule has 0 spiro atoms. The predicted octanol–water partition coefficient (Wildman–Crippen LogP) is 3.64. The zero-order chi connectivity index (χ0) is 21.8. The van der Waals surface area contributed by atoms with Gasteiger partial charge in [0.25, 0.3) is 0 Å². The minimum absolute atomic E-state index is 0.260. The van der Waals surface area contributed by atoms with Crippen LogP contribution in [0.2, 0.25) is 5.02 Å². The summed E-state index contributed by atoms with van der Waals surface area (Å²) in [7, 11) is -2.27. The maximum Gasteiger partial charge on any atom is 0.244 e. The Kier molecular flexibility index (Phi) is 7.19. The van der Waals surface area contributed by atoms with Crippen molar-refractivity contribution in [2.24, 2.45) is 0 Å². The molecule has 29 heavy (non-hydrogen) atoms. The lowest BCUT2D eigenvalue weighted by Gasteiger charge is -2.33. The maximum absolute atomic E-state index is 12.9. The Morgan fingerprint density at radius 2 is 1.83 bits per heavy atom. The van der Waals surface area contributed by atoms with Gasteiger partial charge in [-0.05, 0) is 51.0 Å². The molecule has 0 radical (unpaired) electrons. The van der Waals surface area contributed by atoms with Crippen molar-refractivity contribution < 1.29 is 17.9 Å². The lowest BCUT2D eigenvalue weighted by molar-refractivity contribution is -0.123. The van der Waals surface area contributed by atoms with E-state index < -0.39 is 27.5 Å². The van der Waals surface area contributed by atoms with E-state index in [9.17, 15) is 13.2 Å². The van der Waals surface area contributed by atoms with Crippen molar-refractivity contribution >= 4 is 33.2 Å². The van der Waals surface area contributed by atoms with Crippen LogP contribution in [0, 0.1) is 0 Å². The molecule has 0 aliphatic rings. The standard InChI is InChI=1S/C21H27ClN2O4S/c1-15(20(25)23-21(2,3)14-16-9-7-6-8-10-16)24(29(5,26)27)17-11-12-19(28-4)18(22)13-17/h6-13,15H,14H2,1-5H3,(H,23,25). The third kappa shape index (κ3) is 6.11. The number of rotatable bonds is 8. The Morgan fingerprint density at radius 3 is 2.34 bits per heavy atom. The van der Waals surface area contributed by atoms with Crippen molar-refractivity contribution in [1.29, 1.82) is 0 Å². The maximum atomic E-state index is 12.9. The Hall–Kier alpha value is -2.25. The molecule has 2 aromatic carbocycles. The largest absolute Gasteiger partial charge is 0.495 e. The molecule has 6 nitrogen and oxygen atoms in total. The molecular formula is C21H27ClN2O4S. The van der Waals surface area contributed by atoms with Gasteiger partial charge in [-0.15, -0.1) is 0 Å². The van der Waals surface area contributed by atoms with Gasteiger partial charge in [-0.3, -0.25) is 9.10 Å². The van der Waals surface area contributed by atoms with E-state index in [1.165, 1.54) is 13.2 Å². The minimum atomic E-state index is -3.74. The van der Waals surface area contributed by atoms with E-state index in [-0.39, 0.29) is 5.02 Å². The highest BCUT2D eigenvalue weighted by Crippen LogP contribution is 2.31. The van der Waals surface area contributed by atoms with Crippen LogP contribution in [-0.2, 0) is 21.2 Å². The van der Waals surface area contributed by atoms with Gasteiger partial charge in [-0.1, -0.05) is 41.9 Å². The van der Waals surface area contributed by atoms with Crippen molar-refractivity contribution in [2.75, 3.05) is 17.7 Å². The minimum Gasteiger partial charge on any atom is -0.495 e. The normalized spacial score (nSPS) is 12.9. The third-order valence-electron chi connectivity index (χ3n) is 4.43. The summed E-state index contributed by atoms with van der Waals surface area (Å²) in [6, 6.07) is 13.4. The van der Waals surface area contributed by atoms with Gasteiger partial charge in [0.05, 0.1) is 24.1 Å². The number of carbonyl (C=O) groups is 1. The lowest BCUT2D eigenvalue weighted by atomic mass is 9.94. The first-order chi connectivity index (χ1) is 13.4. The molecule has 2 aromatic rings. The highest BCUT2D eigenvalue weighted by atomic mass is 35.5. The van der Waals surface area contributed by atoms with Gasteiger partial charge in [0.2, 0.25) is 15.9 Å². The number of amides is 1. The first kappa shape index (κ1) is 23.0. The molecule has 0 saturated heterocycles. The fourth-order valence-electron chi connectivity index (χ4n) is 3.19. The van der Waals surface area contributed by atoms with Crippen molar-refractivity contribution in [3.63, 3.8) is 0 Å². The van der Waals surface area contributed by atoms with E-state index >= 15 is 0 Å². The van der Waals surface area contributed by atoms with Gasteiger partial charge < -0.3 is 10.1 Å². The lowest BCUT2D eigenvalue weighted by Crippen LogP contribution is -2.54. The van der Waals surface area contributed by atoms with Crippen LogP contribution in [-0.4, -0.2) is 39.3 Å². The van der Waals surface area contributed by atoms with Gasteiger partial charge in [0.15, 0.2) is 0 Å². The molecule has 158 valence electrons. The summed E-state index contributed by atoms with van der Waals surface area (Å²) < 4.78 is 31.1. The Labute approximate surface area is 177 Å². The molecule has 0 aliphatic carbocycles. The second-order valence-electron chi connectivity index (χ2n) is 7.59. The molecule has 0 heterocycles. The van der Waals surface area contributed by atoms with Gasteiger partial charge in [-0.2, -0.15) is 0 Å². The molecule has 1 amide bonds. The SMILES string of the molecule is COc1ccc(N(C(C)C(=O)NC(C)(C)Cc2ccccc2)S(C)(=O)=O)cc1Cl. The van der Waals surface area contributed by atoms with Crippen molar-refractivity contribution in [2.45, 2.75) is 38.8 Å². The molecule has 2 rings (SSSR count). The van der Waals surface area contributed by atoms with E-state index in [0.29, 0.717) is 17.9 Å². The smallest absolute Gasteiger partial charge is 0.244 e. The average molecular weight is 439 g/mol. The molecule has 0 aliphatic heterocycles. The average Bonchev–Trinajstić information content (AvgIpc) is 2.60. The number of sulfonamides is 1. The van der Waals surface area contributed by atoms with Crippen molar-refractivity contribution in [3.05, 3.63) is 59.1 Å². The Bertz CT molecular complexity index is 962. The van der Waals surface area contributed by atoms with Crippen LogP contribution in [0.25, 0.3) is 0 Å². The monoisotopic (exact) mass is 438 g/mol. The van der Waals surface area contributed by atoms with Crippen LogP contribution < -0.4 is 14.4 Å². The van der Waals surface area contributed by atoms with E-state index in [0.717, 1.165) is 16.1 Å². The summed E-state index contributed by atoms with van der Waals surface area (Å²) in [5.41, 5.74) is 0.808. The number of anilines is 1. The molecule has 0 saturated carbocycles. The summed E-state index contributed by atoms with van der Waals surface area (Å²) in [6.45, 7) is 5.35. The molecule has 1 unspecified atom stereocenters. The second kappa shape index (κ2) is 9.05. The van der Waals surface area contributed by atoms with E-state index in [4.69, 9.17) is 16.3 Å². The number of ether oxygens (including phenoxy) is 1. The molecule has 8 heteroatoms. The van der Waals surface area contributed by atoms with Gasteiger partial charge in [0.1, 0.15) is 11.8 Å². The fraction of sp³-hybridized carbons (Fsp3) is 0.381. The number of halogens is 1. The number of hydrogen-bond acceptors (Lipinski definition) is 4. The number of hydrogen-bond donors (Lipinski definition) is 1. The molecule has 0 bridgehead atoms. The van der Waals surface area contributed by atoms with E-state index in [1.807, 2.05) is 44.2 Å². The Morgan fingerprint density at radius 1 is 1.21 bits per heavy atom. The Balaban J connectivity index is 2.26. The number of benzene rings is 2. The molecule has 1 N–H and O–H groups in total. The van der Waals surface area contributed by atoms with Crippen LogP contribution in [0.1, 0.15) is 26.3 Å². The number of carbonyl (C=O) groups excluding carboxylic acids is 1. The van der Waals surface area contributed by atoms with Crippen LogP contribution in [0.4, 0.5) is 5.69 Å². The quantitative estimate of drug-likeness (QED) is 0.682. The van der Waals surface area contributed by atoms with Gasteiger partial charge >= 0.3 is 0 Å². The van der Waals surface area contributed by atoms with Gasteiger partial charge in [0, 0.05) is 5.54 Å². The van der Waals surface area contributed by atoms with E-state index in [1.54, 1.807) is 19.1 Å². The summed E-state index contributed by atoms with van der Waals surface area (Å²) in [4.78, 5) is 12.9. The number of nitrogens with zero attached hydrogens (tertiary/aromatic N) is 1. The first-order valence-corrected chi connectivity index (χ1v) is 11.4. The fourth-order valence-corrected chi connectivity index (χ4v) is 4.61. The molecule has 1 atom stereocenters. The number of methoxy groups -OCH3 is 1. The first-order valence-electron chi connectivity index (χ1n) is 9.13. The van der Waals surface area contributed by atoms with E-state index in [2.05, 4.69) is 5.32 Å². The van der Waals surface area contributed by atoms with Crippen molar-refractivity contribution in [3.8, 4) is 5.75 Å². The van der Waals surface area contributed by atoms with Crippen LogP contribution in [0.5, 0.6) is 5.75 Å². The highest BCUT2D eigenvalue weighted by Gasteiger charge is 2.32. The molecular weight excluding hydrogens is 412 g/mol. The topological polar surface area (TPSA) is 75.7 Å². The summed E-state index contributed by atoms with van der Waals surface area (Å²) in [5, 5.41) is 3.22. The van der Waals surface area contributed by atoms with Crippen molar-refractivity contribution in [1.82, 2.24) is 5.32 Å². The highest BCUT2D eigenvalue weighted by molar-refractivity contribution is 7.92. The zero-order valence-electron chi connectivity index (χ0n) is 17.3. The predicted molar refractivity (Wildman–Crippen MR) is 117 cm³/mol. The second-order valence-corrected chi connectivity index (χ2v) is 9.86. The van der Waals surface area contributed by atoms with Crippen LogP contribution in [0.15, 0.2) is 48.5 Å². The van der Waals surface area contributed by atoms with Gasteiger partial charge in [-0.25, -0.2) is 8.42 Å². The summed E-state index contributed by atoms with van der Waals surface area (Å²) in [5.74, 6) is 0.0215. The summed E-state index contributed by atoms with van der Waals surface area (Å²) >= 11 is 6.16. The number of nitrogens with one attached hydrogen (secondary N) is 1.